The molecule has 27 heteroatoms. The maximum Gasteiger partial charge on any atom is 0.128 e. The monoisotopic (exact) mass is 1120 g/mol. The predicted octanol–water partition coefficient (Wildman–Crippen LogP) is -1.29. The molecule has 0 saturated heterocycles. The van der Waals surface area contributed by atoms with Gasteiger partial charge in [-0.3, -0.25) is 0 Å². The van der Waals surface area contributed by atoms with E-state index >= 15 is 0 Å². The second kappa shape index (κ2) is 69.4. The lowest BCUT2D eigenvalue weighted by Gasteiger charge is -2.21. The van der Waals surface area contributed by atoms with Gasteiger partial charge in [-0.25, -0.2) is 0 Å². The number of aliphatic hydroxyl groups excluding tert-OH is 4. The molecule has 0 aliphatic heterocycles. The Morgan fingerprint density at radius 3 is 0.413 bits per heavy atom. The van der Waals surface area contributed by atoms with Crippen LogP contribution in [0.1, 0.15) is 0 Å². The highest BCUT2D eigenvalue weighted by Crippen LogP contribution is 2.19. The van der Waals surface area contributed by atoms with E-state index in [9.17, 15) is 10.2 Å². The number of ether oxygens (including phenoxy) is 22. The lowest BCUT2D eigenvalue weighted by atomic mass is 10.6. The largest absolute Gasteiger partial charge is 0.394 e. The Balaban J connectivity index is 3.34. The Kier molecular flexibility index (Phi) is 68.8. The molecule has 0 bridgehead atoms. The minimum absolute atomic E-state index is 0.0122. The first-order valence-corrected chi connectivity index (χ1v) is 27.1. The molecule has 0 aromatic rings. The second-order valence-corrected chi connectivity index (χ2v) is 16.1. The normalized spacial score (nSPS) is 12.6. The molecule has 0 aromatic heterocycles. The van der Waals surface area contributed by atoms with Gasteiger partial charge in [0, 0.05) is 0 Å². The molecule has 4 N–H and O–H groups in total. The topological polar surface area (TPSA) is 284 Å². The van der Waals surface area contributed by atoms with Gasteiger partial charge >= 0.3 is 0 Å². The third-order valence-electron chi connectivity index (χ3n) is 8.83. The van der Waals surface area contributed by atoms with E-state index in [1.54, 1.807) is 0 Å². The van der Waals surface area contributed by atoms with Crippen molar-refractivity contribution >= 4 is 11.8 Å². The molecule has 2 atom stereocenters. The summed E-state index contributed by atoms with van der Waals surface area (Å²) in [5.74, 6) is 0. The summed E-state index contributed by atoms with van der Waals surface area (Å²) in [6.07, 6.45) is 0. The number of thioether (sulfide) groups is 1. The van der Waals surface area contributed by atoms with Crippen molar-refractivity contribution in [1.82, 2.24) is 0 Å². The lowest BCUT2D eigenvalue weighted by molar-refractivity contribution is -0.0298. The minimum atomic E-state index is -0.587. The second-order valence-electron chi connectivity index (χ2n) is 14.8. The molecule has 0 aromatic carbocycles. The first-order chi connectivity index (χ1) is 37.3. The highest BCUT2D eigenvalue weighted by Gasteiger charge is 2.17. The van der Waals surface area contributed by atoms with Gasteiger partial charge in [-0.1, -0.05) is 11.8 Å². The fourth-order valence-electron chi connectivity index (χ4n) is 5.21. The van der Waals surface area contributed by atoms with Gasteiger partial charge in [0.25, 0.3) is 0 Å². The fourth-order valence-corrected chi connectivity index (χ4v) is 6.07. The molecule has 2 unspecified atom stereocenters. The van der Waals surface area contributed by atoms with Crippen molar-refractivity contribution in [2.45, 2.75) is 10.9 Å². The summed E-state index contributed by atoms with van der Waals surface area (Å²) in [5.41, 5.74) is -1.17. The molecule has 0 spiro atoms. The van der Waals surface area contributed by atoms with E-state index in [-0.39, 0.29) is 39.6 Å². The molecule has 26 nitrogen and oxygen atoms in total. The first-order valence-electron chi connectivity index (χ1n) is 26.1. The van der Waals surface area contributed by atoms with Crippen molar-refractivity contribution in [3.63, 3.8) is 0 Å². The zero-order valence-electron chi connectivity index (χ0n) is 44.9. The third-order valence-corrected chi connectivity index (χ3v) is 10.0. The third kappa shape index (κ3) is 65.7. The molecule has 0 fully saturated rings. The predicted molar refractivity (Wildman–Crippen MR) is 272 cm³/mol. The van der Waals surface area contributed by atoms with Crippen molar-refractivity contribution in [2.24, 2.45) is 0 Å². The lowest BCUT2D eigenvalue weighted by Crippen LogP contribution is -2.25. The molecule has 0 rings (SSSR count). The first kappa shape index (κ1) is 74.3. The minimum Gasteiger partial charge on any atom is -0.394 e. The maximum absolute atomic E-state index is 9.72. The van der Waals surface area contributed by atoms with Gasteiger partial charge in [-0.15, -0.1) is 0 Å². The Morgan fingerprint density at radius 1 is 0.173 bits per heavy atom. The summed E-state index contributed by atoms with van der Waals surface area (Å²) in [4.78, 5) is 0. The van der Waals surface area contributed by atoms with Gasteiger partial charge in [-0.2, -0.15) is 0 Å². The van der Waals surface area contributed by atoms with Gasteiger partial charge in [-0.05, 0) is 0 Å². The Hall–Kier alpha value is -0.690. The molecule has 75 heavy (non-hydrogen) atoms. The van der Waals surface area contributed by atoms with E-state index in [2.05, 4.69) is 0 Å². The highest BCUT2D eigenvalue weighted by atomic mass is 32.2. The molecule has 0 aliphatic carbocycles. The van der Waals surface area contributed by atoms with Crippen LogP contribution in [0.4, 0.5) is 0 Å². The summed E-state index contributed by atoms with van der Waals surface area (Å²) in [5, 5.41) is 36.7. The Bertz CT molecular complexity index is 937. The van der Waals surface area contributed by atoms with Crippen molar-refractivity contribution < 1.29 is 125 Å². The van der Waals surface area contributed by atoms with Crippen LogP contribution in [0.25, 0.3) is 0 Å². The standard InChI is InChI=1S/C48H98O26S/c49-1-3-53-5-7-55-9-11-57-13-15-59-17-19-61-21-23-63-25-27-65-29-31-67-33-35-69-37-39-71-41-43-73-47(45-51)75-48(46-52)74-44-42-72-40-38-70-36-34-68-32-30-66-28-26-64-24-22-62-20-18-60-16-14-58-12-10-56-8-6-54-4-2-50/h47-52H,1-46H2. The van der Waals surface area contributed by atoms with E-state index in [1.165, 1.54) is 11.8 Å². The van der Waals surface area contributed by atoms with E-state index < -0.39 is 10.9 Å². The maximum atomic E-state index is 9.72. The van der Waals surface area contributed by atoms with Crippen molar-refractivity contribution in [3.8, 4) is 0 Å². The van der Waals surface area contributed by atoms with Crippen LogP contribution in [0, 0.1) is 0 Å². The number of aliphatic hydroxyl groups is 4. The molecule has 0 amide bonds. The van der Waals surface area contributed by atoms with Gasteiger partial charge in [0.1, 0.15) is 10.9 Å². The zero-order chi connectivity index (χ0) is 53.9. The van der Waals surface area contributed by atoms with Crippen LogP contribution in [0.5, 0.6) is 0 Å². The van der Waals surface area contributed by atoms with Gasteiger partial charge in [0.15, 0.2) is 0 Å². The molecule has 0 radical (unpaired) electrons. The van der Waals surface area contributed by atoms with E-state index in [0.29, 0.717) is 264 Å². The highest BCUT2D eigenvalue weighted by molar-refractivity contribution is 8.00. The molecule has 0 saturated carbocycles. The molecule has 0 heterocycles. The van der Waals surface area contributed by atoms with E-state index in [0.717, 1.165) is 0 Å². The fraction of sp³-hybridized carbons (Fsp3) is 1.00. The van der Waals surface area contributed by atoms with Gasteiger partial charge < -0.3 is 125 Å². The number of rotatable bonds is 70. The van der Waals surface area contributed by atoms with Crippen LogP contribution < -0.4 is 0 Å². The summed E-state index contributed by atoms with van der Waals surface area (Å²) >= 11 is 1.18. The van der Waals surface area contributed by atoms with Crippen molar-refractivity contribution in [2.75, 3.05) is 304 Å². The molecular formula is C48H98O26S. The van der Waals surface area contributed by atoms with Gasteiger partial charge in [0.05, 0.1) is 304 Å². The summed E-state index contributed by atoms with van der Waals surface area (Å²) < 4.78 is 120. The average Bonchev–Trinajstić information content (AvgIpc) is 3.42. The summed E-state index contributed by atoms with van der Waals surface area (Å²) in [7, 11) is 0. The zero-order valence-corrected chi connectivity index (χ0v) is 45.7. The number of hydrogen-bond acceptors (Lipinski definition) is 27. The molecule has 452 valence electrons. The average molecular weight is 1120 g/mol. The van der Waals surface area contributed by atoms with Crippen molar-refractivity contribution in [1.29, 1.82) is 0 Å². The van der Waals surface area contributed by atoms with Crippen LogP contribution in [0.3, 0.4) is 0 Å². The smallest absolute Gasteiger partial charge is 0.128 e. The van der Waals surface area contributed by atoms with Crippen LogP contribution >= 0.6 is 11.8 Å². The van der Waals surface area contributed by atoms with Crippen molar-refractivity contribution in [3.05, 3.63) is 0 Å². The van der Waals surface area contributed by atoms with E-state index in [1.807, 2.05) is 0 Å². The Morgan fingerprint density at radius 2 is 0.293 bits per heavy atom. The summed E-state index contributed by atoms with van der Waals surface area (Å²) in [6.45, 7) is 17.9. The summed E-state index contributed by atoms with van der Waals surface area (Å²) in [6, 6.07) is 0. The van der Waals surface area contributed by atoms with Crippen LogP contribution in [-0.4, -0.2) is 335 Å². The Labute approximate surface area is 450 Å². The van der Waals surface area contributed by atoms with Crippen LogP contribution in [0.15, 0.2) is 0 Å². The van der Waals surface area contributed by atoms with Crippen LogP contribution in [0.2, 0.25) is 0 Å². The molecular weight excluding hydrogens is 1020 g/mol. The van der Waals surface area contributed by atoms with Crippen LogP contribution in [-0.2, 0) is 104 Å². The van der Waals surface area contributed by atoms with E-state index in [4.69, 9.17) is 114 Å². The number of hydrogen-bond donors (Lipinski definition) is 4. The van der Waals surface area contributed by atoms with Gasteiger partial charge in [0.2, 0.25) is 0 Å². The quantitative estimate of drug-likeness (QED) is 0.0407. The molecule has 0 aliphatic rings. The SMILES string of the molecule is OCCOCCOCCOCCOCCOCCOCCOCCOCCOCCOCCOC(CO)SC(CO)OCCOCCOCCOCCOCCOCCOCCOCCOCCOCCOCCO.